The third kappa shape index (κ3) is 3.42. The molecule has 0 saturated carbocycles. The highest BCUT2D eigenvalue weighted by molar-refractivity contribution is 5.89. The normalized spacial score (nSPS) is 9.92. The second-order valence-corrected chi connectivity index (χ2v) is 2.46. The molecule has 13 heavy (non-hydrogen) atoms. The Kier molecular flexibility index (Phi) is 3.57. The summed E-state index contributed by atoms with van der Waals surface area (Å²) in [5.41, 5.74) is 0.782. The number of carbonyl (C=O) groups is 1. The first-order chi connectivity index (χ1) is 6.33. The van der Waals surface area contributed by atoms with Gasteiger partial charge in [-0.1, -0.05) is 24.3 Å². The molecule has 0 aromatic heterocycles. The van der Waals surface area contributed by atoms with E-state index in [1.165, 1.54) is 0 Å². The van der Waals surface area contributed by atoms with Gasteiger partial charge in [-0.3, -0.25) is 0 Å². The fraction of sp³-hybridized carbons (Fsp3) is 0.100. The lowest BCUT2D eigenvalue weighted by Crippen LogP contribution is -2.23. The van der Waals surface area contributed by atoms with Gasteiger partial charge in [0.05, 0.1) is 0 Å². The molecule has 0 aliphatic carbocycles. The van der Waals surface area contributed by atoms with Crippen LogP contribution in [0, 0.1) is 0 Å². The summed E-state index contributed by atoms with van der Waals surface area (Å²) in [4.78, 5) is 11.1. The van der Waals surface area contributed by atoms with Gasteiger partial charge in [-0.2, -0.15) is 0 Å². The largest absolute Gasteiger partial charge is 0.323 e. The molecule has 2 N–H and O–H groups in total. The molecule has 3 nitrogen and oxygen atoms in total. The Morgan fingerprint density at radius 2 is 2.00 bits per heavy atom. The molecule has 1 aromatic carbocycles. The maximum atomic E-state index is 11.1. The van der Waals surface area contributed by atoms with Crippen molar-refractivity contribution in [2.45, 2.75) is 6.92 Å². The second-order valence-electron chi connectivity index (χ2n) is 2.46. The maximum absolute atomic E-state index is 11.1. The molecule has 0 saturated heterocycles. The molecule has 2 amide bonds. The lowest BCUT2D eigenvalue weighted by Gasteiger charge is -2.02. The number of nitrogens with one attached hydrogen (secondary N) is 2. The van der Waals surface area contributed by atoms with Crippen LogP contribution < -0.4 is 10.6 Å². The molecule has 0 fully saturated rings. The third-order valence-corrected chi connectivity index (χ3v) is 1.41. The van der Waals surface area contributed by atoms with Crippen LogP contribution in [0.5, 0.6) is 0 Å². The zero-order valence-electron chi connectivity index (χ0n) is 7.45. The standard InChI is InChI=1S/C10H12N2O/c1-2-8-11-10(13)12-9-6-4-3-5-7-9/h2-8H,1H3,(H2,11,12,13). The van der Waals surface area contributed by atoms with Crippen molar-refractivity contribution in [3.8, 4) is 0 Å². The number of amides is 2. The van der Waals surface area contributed by atoms with Gasteiger partial charge < -0.3 is 10.6 Å². The predicted molar refractivity (Wildman–Crippen MR) is 53.4 cm³/mol. The van der Waals surface area contributed by atoms with Crippen LogP contribution in [0.4, 0.5) is 10.5 Å². The summed E-state index contributed by atoms with van der Waals surface area (Å²) >= 11 is 0. The fourth-order valence-electron chi connectivity index (χ4n) is 0.848. The van der Waals surface area contributed by atoms with Crippen LogP contribution in [0.2, 0.25) is 0 Å². The Bertz CT molecular complexity index is 293. The minimum absolute atomic E-state index is 0.232. The highest BCUT2D eigenvalue weighted by Crippen LogP contribution is 2.03. The molecule has 0 unspecified atom stereocenters. The minimum Gasteiger partial charge on any atom is -0.315 e. The van der Waals surface area contributed by atoms with Crippen LogP contribution >= 0.6 is 0 Å². The van der Waals surface area contributed by atoms with E-state index in [-0.39, 0.29) is 6.03 Å². The first-order valence-electron chi connectivity index (χ1n) is 4.06. The summed E-state index contributed by atoms with van der Waals surface area (Å²) in [7, 11) is 0. The molecule has 1 rings (SSSR count). The van der Waals surface area contributed by atoms with E-state index in [9.17, 15) is 4.79 Å². The smallest absolute Gasteiger partial charge is 0.315 e. The van der Waals surface area contributed by atoms with Crippen molar-refractivity contribution in [1.82, 2.24) is 5.32 Å². The molecule has 0 radical (unpaired) electrons. The van der Waals surface area contributed by atoms with Crippen molar-refractivity contribution >= 4 is 11.7 Å². The van der Waals surface area contributed by atoms with Gasteiger partial charge in [-0.15, -0.1) is 0 Å². The van der Waals surface area contributed by atoms with Gasteiger partial charge in [0.25, 0.3) is 0 Å². The Hall–Kier alpha value is -1.77. The third-order valence-electron chi connectivity index (χ3n) is 1.41. The van der Waals surface area contributed by atoms with E-state index in [0.29, 0.717) is 0 Å². The average Bonchev–Trinajstić information content (AvgIpc) is 2.16. The number of allylic oxidation sites excluding steroid dienone is 1. The van der Waals surface area contributed by atoms with Crippen LogP contribution in [-0.4, -0.2) is 6.03 Å². The number of hydrogen-bond donors (Lipinski definition) is 2. The highest BCUT2D eigenvalue weighted by atomic mass is 16.2. The number of para-hydroxylation sites is 1. The quantitative estimate of drug-likeness (QED) is 0.713. The zero-order chi connectivity index (χ0) is 9.52. The van der Waals surface area contributed by atoms with Crippen molar-refractivity contribution in [1.29, 1.82) is 0 Å². The van der Waals surface area contributed by atoms with Crippen LogP contribution in [0.15, 0.2) is 42.6 Å². The van der Waals surface area contributed by atoms with Crippen LogP contribution in [0.3, 0.4) is 0 Å². The van der Waals surface area contributed by atoms with Crippen molar-refractivity contribution in [3.63, 3.8) is 0 Å². The van der Waals surface area contributed by atoms with Crippen molar-refractivity contribution < 1.29 is 4.79 Å². The fourth-order valence-corrected chi connectivity index (χ4v) is 0.848. The molecule has 0 heterocycles. The predicted octanol–water partition coefficient (Wildman–Crippen LogP) is 2.34. The summed E-state index contributed by atoms with van der Waals surface area (Å²) in [5, 5.41) is 5.23. The molecule has 1 aromatic rings. The van der Waals surface area contributed by atoms with Gasteiger partial charge in [0.2, 0.25) is 0 Å². The monoisotopic (exact) mass is 176 g/mol. The van der Waals surface area contributed by atoms with E-state index >= 15 is 0 Å². The van der Waals surface area contributed by atoms with Gasteiger partial charge in [0, 0.05) is 11.9 Å². The first-order valence-corrected chi connectivity index (χ1v) is 4.06. The summed E-state index contributed by atoms with van der Waals surface area (Å²) in [6.45, 7) is 1.84. The number of rotatable bonds is 2. The lowest BCUT2D eigenvalue weighted by atomic mass is 10.3. The lowest BCUT2D eigenvalue weighted by molar-refractivity contribution is 0.255. The Morgan fingerprint density at radius 3 is 2.62 bits per heavy atom. The molecule has 68 valence electrons. The van der Waals surface area contributed by atoms with Crippen LogP contribution in [0.25, 0.3) is 0 Å². The summed E-state index contributed by atoms with van der Waals surface area (Å²) in [6, 6.07) is 9.06. The number of urea groups is 1. The summed E-state index contributed by atoms with van der Waals surface area (Å²) in [6.07, 6.45) is 3.34. The van der Waals surface area contributed by atoms with E-state index in [4.69, 9.17) is 0 Å². The highest BCUT2D eigenvalue weighted by Gasteiger charge is 1.95. The SMILES string of the molecule is CC=CNC(=O)Nc1ccccc1. The van der Waals surface area contributed by atoms with E-state index in [1.54, 1.807) is 12.3 Å². The molecule has 3 heteroatoms. The summed E-state index contributed by atoms with van der Waals surface area (Å²) in [5.74, 6) is 0. The number of benzene rings is 1. The Balaban J connectivity index is 2.46. The molecule has 0 bridgehead atoms. The zero-order valence-corrected chi connectivity index (χ0v) is 7.45. The number of anilines is 1. The Morgan fingerprint density at radius 1 is 1.31 bits per heavy atom. The van der Waals surface area contributed by atoms with E-state index in [1.807, 2.05) is 37.3 Å². The molecule has 0 aliphatic rings. The Labute approximate surface area is 77.5 Å². The van der Waals surface area contributed by atoms with Crippen molar-refractivity contribution in [3.05, 3.63) is 42.6 Å². The first kappa shape index (κ1) is 9.32. The molecule has 0 aliphatic heterocycles. The topological polar surface area (TPSA) is 41.1 Å². The number of carbonyl (C=O) groups excluding carboxylic acids is 1. The van der Waals surface area contributed by atoms with Gasteiger partial charge in [-0.05, 0) is 19.1 Å². The minimum atomic E-state index is -0.232. The summed E-state index contributed by atoms with van der Waals surface area (Å²) < 4.78 is 0. The van der Waals surface area contributed by atoms with Crippen molar-refractivity contribution in [2.75, 3.05) is 5.32 Å². The molecule has 0 spiro atoms. The van der Waals surface area contributed by atoms with Gasteiger partial charge in [0.15, 0.2) is 0 Å². The van der Waals surface area contributed by atoms with Crippen LogP contribution in [0.1, 0.15) is 6.92 Å². The molecule has 0 atom stereocenters. The molecular weight excluding hydrogens is 164 g/mol. The number of hydrogen-bond acceptors (Lipinski definition) is 1. The maximum Gasteiger partial charge on any atom is 0.323 e. The van der Waals surface area contributed by atoms with Gasteiger partial charge in [0.1, 0.15) is 0 Å². The average molecular weight is 176 g/mol. The van der Waals surface area contributed by atoms with Gasteiger partial charge in [-0.25, -0.2) is 4.79 Å². The second kappa shape index (κ2) is 4.98. The van der Waals surface area contributed by atoms with E-state index in [0.717, 1.165) is 5.69 Å². The molecular formula is C10H12N2O. The van der Waals surface area contributed by atoms with Crippen molar-refractivity contribution in [2.24, 2.45) is 0 Å². The van der Waals surface area contributed by atoms with E-state index in [2.05, 4.69) is 10.6 Å². The van der Waals surface area contributed by atoms with E-state index < -0.39 is 0 Å². The van der Waals surface area contributed by atoms with Gasteiger partial charge >= 0.3 is 6.03 Å². The van der Waals surface area contributed by atoms with Crippen LogP contribution in [-0.2, 0) is 0 Å².